The maximum Gasteiger partial charge on any atom is 0.340 e. The number of hydrogen-bond donors (Lipinski definition) is 2. The standard InChI is InChI=1S/C14H16N4O2S/c1-2-20-13(19)8-6-7-16-12(11(8)15)18-14-17-9-4-3-5-10(9)21-14/h6-7H,2-5,15H2,1H3,(H,16,17,18). The number of nitrogen functional groups attached to an aromatic ring is 1. The van der Waals surface area contributed by atoms with E-state index in [4.69, 9.17) is 10.5 Å². The number of anilines is 3. The Morgan fingerprint density at radius 3 is 3.14 bits per heavy atom. The van der Waals surface area contributed by atoms with E-state index in [1.54, 1.807) is 24.3 Å². The number of hydrogen-bond acceptors (Lipinski definition) is 7. The number of esters is 1. The molecule has 3 N–H and O–H groups in total. The number of pyridine rings is 1. The number of carbonyl (C=O) groups excluding carboxylic acids is 1. The van der Waals surface area contributed by atoms with E-state index in [0.717, 1.165) is 23.7 Å². The minimum Gasteiger partial charge on any atom is -0.462 e. The topological polar surface area (TPSA) is 90.1 Å². The van der Waals surface area contributed by atoms with Gasteiger partial charge in [-0.25, -0.2) is 14.8 Å². The van der Waals surface area contributed by atoms with E-state index in [0.29, 0.717) is 18.0 Å². The van der Waals surface area contributed by atoms with Crippen molar-refractivity contribution in [3.63, 3.8) is 0 Å². The van der Waals surface area contributed by atoms with Gasteiger partial charge in [-0.15, -0.1) is 11.3 Å². The number of nitrogens with two attached hydrogens (primary N) is 1. The summed E-state index contributed by atoms with van der Waals surface area (Å²) in [5, 5.41) is 3.87. The van der Waals surface area contributed by atoms with Crippen LogP contribution in [-0.2, 0) is 17.6 Å². The molecular weight excluding hydrogens is 288 g/mol. The molecule has 0 bridgehead atoms. The van der Waals surface area contributed by atoms with Crippen molar-refractivity contribution in [3.05, 3.63) is 28.4 Å². The molecule has 3 rings (SSSR count). The van der Waals surface area contributed by atoms with E-state index in [1.807, 2.05) is 0 Å². The summed E-state index contributed by atoms with van der Waals surface area (Å²) in [6, 6.07) is 1.56. The van der Waals surface area contributed by atoms with E-state index in [9.17, 15) is 4.79 Å². The molecule has 0 amide bonds. The third-order valence-corrected chi connectivity index (χ3v) is 4.38. The van der Waals surface area contributed by atoms with Gasteiger partial charge in [-0.3, -0.25) is 0 Å². The number of aryl methyl sites for hydroxylation is 2. The highest BCUT2D eigenvalue weighted by atomic mass is 32.1. The summed E-state index contributed by atoms with van der Waals surface area (Å²) in [7, 11) is 0. The zero-order valence-corrected chi connectivity index (χ0v) is 12.5. The van der Waals surface area contributed by atoms with E-state index in [2.05, 4.69) is 15.3 Å². The molecule has 0 aliphatic heterocycles. The van der Waals surface area contributed by atoms with Gasteiger partial charge in [0.15, 0.2) is 10.9 Å². The number of thiazole rings is 1. The predicted octanol–water partition coefficient (Wildman–Crippen LogP) is 2.53. The number of aromatic nitrogens is 2. The molecule has 2 aromatic rings. The monoisotopic (exact) mass is 304 g/mol. The first kappa shape index (κ1) is 13.8. The number of fused-ring (bicyclic) bond motifs is 1. The van der Waals surface area contributed by atoms with Crippen LogP contribution in [0.15, 0.2) is 12.3 Å². The highest BCUT2D eigenvalue weighted by Gasteiger charge is 2.19. The summed E-state index contributed by atoms with van der Waals surface area (Å²) in [5.41, 5.74) is 7.76. The van der Waals surface area contributed by atoms with E-state index in [-0.39, 0.29) is 5.69 Å². The van der Waals surface area contributed by atoms with Crippen molar-refractivity contribution in [1.82, 2.24) is 9.97 Å². The zero-order chi connectivity index (χ0) is 14.8. The van der Waals surface area contributed by atoms with Crippen molar-refractivity contribution < 1.29 is 9.53 Å². The molecule has 0 aromatic carbocycles. The van der Waals surface area contributed by atoms with Gasteiger partial charge in [0.25, 0.3) is 0 Å². The van der Waals surface area contributed by atoms with Gasteiger partial charge in [0.05, 0.1) is 23.6 Å². The molecule has 0 saturated heterocycles. The van der Waals surface area contributed by atoms with Crippen LogP contribution in [0.2, 0.25) is 0 Å². The van der Waals surface area contributed by atoms with E-state index < -0.39 is 5.97 Å². The number of nitrogens with zero attached hydrogens (tertiary/aromatic N) is 2. The van der Waals surface area contributed by atoms with Crippen molar-refractivity contribution in [1.29, 1.82) is 0 Å². The van der Waals surface area contributed by atoms with Crippen molar-refractivity contribution in [2.24, 2.45) is 0 Å². The fraction of sp³-hybridized carbons (Fsp3) is 0.357. The lowest BCUT2D eigenvalue weighted by atomic mass is 10.2. The number of rotatable bonds is 4. The number of carbonyl (C=O) groups is 1. The molecule has 0 radical (unpaired) electrons. The average molecular weight is 304 g/mol. The molecule has 0 saturated carbocycles. The molecule has 0 spiro atoms. The molecule has 2 heterocycles. The van der Waals surface area contributed by atoms with Gasteiger partial charge in [-0.2, -0.15) is 0 Å². The third kappa shape index (κ3) is 2.69. The van der Waals surface area contributed by atoms with Crippen LogP contribution in [0.4, 0.5) is 16.6 Å². The lowest BCUT2D eigenvalue weighted by Crippen LogP contribution is -2.10. The van der Waals surface area contributed by atoms with E-state index in [1.165, 1.54) is 17.5 Å². The molecule has 0 fully saturated rings. The summed E-state index contributed by atoms with van der Waals surface area (Å²) in [6.07, 6.45) is 4.82. The Bertz CT molecular complexity index is 662. The molecular formula is C14H16N4O2S. The summed E-state index contributed by atoms with van der Waals surface area (Å²) < 4.78 is 4.98. The second kappa shape index (κ2) is 5.69. The Kier molecular flexibility index (Phi) is 3.74. The maximum absolute atomic E-state index is 11.8. The van der Waals surface area contributed by atoms with Crippen LogP contribution in [0.5, 0.6) is 0 Å². The van der Waals surface area contributed by atoms with Crippen LogP contribution in [0.25, 0.3) is 0 Å². The Balaban J connectivity index is 1.85. The van der Waals surface area contributed by atoms with Crippen molar-refractivity contribution in [2.45, 2.75) is 26.2 Å². The lowest BCUT2D eigenvalue weighted by Gasteiger charge is -2.09. The molecule has 0 unspecified atom stereocenters. The van der Waals surface area contributed by atoms with E-state index >= 15 is 0 Å². The molecule has 1 aliphatic carbocycles. The minimum absolute atomic E-state index is 0.284. The van der Waals surface area contributed by atoms with Crippen LogP contribution in [0.3, 0.4) is 0 Å². The molecule has 110 valence electrons. The maximum atomic E-state index is 11.8. The normalized spacial score (nSPS) is 13.0. The number of ether oxygens (including phenoxy) is 1. The summed E-state index contributed by atoms with van der Waals surface area (Å²) in [6.45, 7) is 2.06. The minimum atomic E-state index is -0.443. The molecule has 21 heavy (non-hydrogen) atoms. The quantitative estimate of drug-likeness (QED) is 0.844. The number of nitrogens with one attached hydrogen (secondary N) is 1. The fourth-order valence-electron chi connectivity index (χ4n) is 2.30. The largest absolute Gasteiger partial charge is 0.462 e. The fourth-order valence-corrected chi connectivity index (χ4v) is 3.35. The lowest BCUT2D eigenvalue weighted by molar-refractivity contribution is 0.0527. The molecule has 7 heteroatoms. The SMILES string of the molecule is CCOC(=O)c1ccnc(Nc2nc3c(s2)CCC3)c1N. The Hall–Kier alpha value is -2.15. The van der Waals surface area contributed by atoms with Crippen LogP contribution >= 0.6 is 11.3 Å². The molecule has 1 aliphatic rings. The predicted molar refractivity (Wildman–Crippen MR) is 82.0 cm³/mol. The van der Waals surface area contributed by atoms with Gasteiger partial charge >= 0.3 is 5.97 Å². The van der Waals surface area contributed by atoms with Crippen LogP contribution in [0, 0.1) is 0 Å². The highest BCUT2D eigenvalue weighted by molar-refractivity contribution is 7.15. The first-order valence-corrected chi connectivity index (χ1v) is 7.68. The average Bonchev–Trinajstić information content (AvgIpc) is 3.02. The van der Waals surface area contributed by atoms with Gasteiger partial charge in [-0.05, 0) is 32.3 Å². The summed E-state index contributed by atoms with van der Waals surface area (Å²) in [5.74, 6) is -0.00457. The van der Waals surface area contributed by atoms with Gasteiger partial charge < -0.3 is 15.8 Å². The summed E-state index contributed by atoms with van der Waals surface area (Å²) >= 11 is 1.62. The second-order valence-corrected chi connectivity index (χ2v) is 5.79. The van der Waals surface area contributed by atoms with Gasteiger partial charge in [-0.1, -0.05) is 0 Å². The van der Waals surface area contributed by atoms with Crippen molar-refractivity contribution in [2.75, 3.05) is 17.7 Å². The van der Waals surface area contributed by atoms with Crippen LogP contribution in [0.1, 0.15) is 34.3 Å². The zero-order valence-electron chi connectivity index (χ0n) is 11.7. The Labute approximate surface area is 126 Å². The Morgan fingerprint density at radius 1 is 1.52 bits per heavy atom. The van der Waals surface area contributed by atoms with Gasteiger partial charge in [0.2, 0.25) is 0 Å². The second-order valence-electron chi connectivity index (χ2n) is 4.71. The Morgan fingerprint density at radius 2 is 2.38 bits per heavy atom. The smallest absolute Gasteiger partial charge is 0.340 e. The molecule has 0 atom stereocenters. The molecule has 2 aromatic heterocycles. The van der Waals surface area contributed by atoms with Crippen molar-refractivity contribution >= 4 is 33.9 Å². The summed E-state index contributed by atoms with van der Waals surface area (Å²) in [4.78, 5) is 21.8. The molecule has 6 nitrogen and oxygen atoms in total. The van der Waals surface area contributed by atoms with Crippen molar-refractivity contribution in [3.8, 4) is 0 Å². The highest BCUT2D eigenvalue weighted by Crippen LogP contribution is 2.33. The van der Waals surface area contributed by atoms with Crippen LogP contribution in [-0.4, -0.2) is 22.5 Å². The van der Waals surface area contributed by atoms with Gasteiger partial charge in [0, 0.05) is 11.1 Å². The van der Waals surface area contributed by atoms with Crippen LogP contribution < -0.4 is 11.1 Å². The first-order valence-electron chi connectivity index (χ1n) is 6.86. The van der Waals surface area contributed by atoms with Gasteiger partial charge in [0.1, 0.15) is 0 Å². The first-order chi connectivity index (χ1) is 10.2. The third-order valence-electron chi connectivity index (χ3n) is 3.31.